The van der Waals surface area contributed by atoms with E-state index in [1.54, 1.807) is 7.11 Å². The number of nitrogens with two attached hydrogens (primary N) is 1. The van der Waals surface area contributed by atoms with Gasteiger partial charge in [0.05, 0.1) is 7.11 Å². The van der Waals surface area contributed by atoms with Crippen LogP contribution in [0.15, 0.2) is 9.98 Å². The number of nitrogens with one attached hydrogen (secondary N) is 1. The molecule has 0 spiro atoms. The Balaban J connectivity index is 2.86. The van der Waals surface area contributed by atoms with Gasteiger partial charge in [0, 0.05) is 12.0 Å². The fraction of sp³-hybridized carbons (Fsp3) is 0.800. The molecule has 0 amide bonds. The Hall–Kier alpha value is -1.14. The molecule has 1 rings (SSSR count). The molecule has 3 N–H and O–H groups in total. The van der Waals surface area contributed by atoms with E-state index in [1.165, 1.54) is 5.01 Å². The molecule has 0 aromatic rings. The number of methoxy groups -OCH3 is 1. The van der Waals surface area contributed by atoms with Gasteiger partial charge in [-0.3, -0.25) is 5.32 Å². The molecule has 16 heavy (non-hydrogen) atoms. The van der Waals surface area contributed by atoms with E-state index in [9.17, 15) is 0 Å². The summed E-state index contributed by atoms with van der Waals surface area (Å²) >= 11 is 0. The molecular weight excluding hydrogens is 206 g/mol. The van der Waals surface area contributed by atoms with Crippen molar-refractivity contribution < 1.29 is 4.74 Å². The Bertz CT molecular complexity index is 305. The summed E-state index contributed by atoms with van der Waals surface area (Å²) in [7, 11) is 1.55. The van der Waals surface area contributed by atoms with E-state index in [-0.39, 0.29) is 11.8 Å². The molecule has 1 unspecified atom stereocenters. The lowest BCUT2D eigenvalue weighted by atomic mass is 10.1. The Morgan fingerprint density at radius 3 is 2.56 bits per heavy atom. The summed E-state index contributed by atoms with van der Waals surface area (Å²) in [6.45, 7) is 8.16. The van der Waals surface area contributed by atoms with Crippen molar-refractivity contribution in [2.75, 3.05) is 7.11 Å². The van der Waals surface area contributed by atoms with Gasteiger partial charge in [0.1, 0.15) is 5.84 Å². The first-order chi connectivity index (χ1) is 7.37. The zero-order valence-corrected chi connectivity index (χ0v) is 10.6. The first-order valence-corrected chi connectivity index (χ1v) is 5.38. The predicted octanol–water partition coefficient (Wildman–Crippen LogP) is 0.658. The van der Waals surface area contributed by atoms with E-state index in [0.29, 0.717) is 6.02 Å². The highest BCUT2D eigenvalue weighted by molar-refractivity contribution is 5.95. The highest BCUT2D eigenvalue weighted by atomic mass is 16.5. The molecule has 0 bridgehead atoms. The van der Waals surface area contributed by atoms with Gasteiger partial charge in [-0.2, -0.15) is 4.99 Å². The zero-order valence-electron chi connectivity index (χ0n) is 10.6. The third-order valence-corrected chi connectivity index (χ3v) is 2.04. The van der Waals surface area contributed by atoms with Crippen molar-refractivity contribution in [3.8, 4) is 0 Å². The van der Waals surface area contributed by atoms with Gasteiger partial charge in [-0.05, 0) is 20.8 Å². The van der Waals surface area contributed by atoms with Crippen molar-refractivity contribution in [2.45, 2.75) is 45.9 Å². The van der Waals surface area contributed by atoms with Gasteiger partial charge in [-0.1, -0.05) is 6.92 Å². The Morgan fingerprint density at radius 1 is 1.50 bits per heavy atom. The highest BCUT2D eigenvalue weighted by Crippen LogP contribution is 2.10. The van der Waals surface area contributed by atoms with E-state index in [2.05, 4.69) is 36.1 Å². The van der Waals surface area contributed by atoms with Crippen LogP contribution in [0.1, 0.15) is 34.1 Å². The molecule has 0 fully saturated rings. The summed E-state index contributed by atoms with van der Waals surface area (Å²) in [6, 6.07) is 0.383. The quantitative estimate of drug-likeness (QED) is 0.679. The molecule has 92 valence electrons. The normalized spacial score (nSPS) is 21.6. The molecule has 0 radical (unpaired) electrons. The first-order valence-electron chi connectivity index (χ1n) is 5.38. The van der Waals surface area contributed by atoms with E-state index in [0.717, 1.165) is 12.3 Å². The van der Waals surface area contributed by atoms with Crippen molar-refractivity contribution in [3.63, 3.8) is 0 Å². The van der Waals surface area contributed by atoms with Gasteiger partial charge in [-0.15, -0.1) is 0 Å². The average Bonchev–Trinajstić information content (AvgIpc) is 2.19. The Morgan fingerprint density at radius 2 is 2.12 bits per heavy atom. The molecule has 6 heteroatoms. The maximum atomic E-state index is 5.87. The number of hydrogen-bond donors (Lipinski definition) is 2. The van der Waals surface area contributed by atoms with Crippen LogP contribution < -0.4 is 11.2 Å². The van der Waals surface area contributed by atoms with Crippen LogP contribution in [0.5, 0.6) is 0 Å². The minimum atomic E-state index is -0.331. The summed E-state index contributed by atoms with van der Waals surface area (Å²) in [5, 5.41) is 4.68. The predicted molar refractivity (Wildman–Crippen MR) is 64.9 cm³/mol. The third-order valence-electron chi connectivity index (χ3n) is 2.04. The van der Waals surface area contributed by atoms with Gasteiger partial charge >= 0.3 is 6.02 Å². The molecule has 1 heterocycles. The molecule has 1 atom stereocenters. The van der Waals surface area contributed by atoms with Gasteiger partial charge in [0.2, 0.25) is 0 Å². The van der Waals surface area contributed by atoms with Gasteiger partial charge < -0.3 is 4.74 Å². The van der Waals surface area contributed by atoms with Crippen LogP contribution in [0.4, 0.5) is 0 Å². The topological polar surface area (TPSA) is 75.2 Å². The summed E-state index contributed by atoms with van der Waals surface area (Å²) in [5.74, 6) is 6.60. The van der Waals surface area contributed by atoms with Crippen molar-refractivity contribution in [1.29, 1.82) is 0 Å². The summed E-state index contributed by atoms with van der Waals surface area (Å²) < 4.78 is 5.11. The molecule has 0 aromatic carbocycles. The second-order valence-corrected chi connectivity index (χ2v) is 4.67. The lowest BCUT2D eigenvalue weighted by molar-refractivity contribution is 0.176. The van der Waals surface area contributed by atoms with Crippen molar-refractivity contribution >= 4 is 11.9 Å². The molecule has 0 aliphatic carbocycles. The summed E-state index contributed by atoms with van der Waals surface area (Å²) in [6.07, 6.45) is 0.422. The van der Waals surface area contributed by atoms with Gasteiger partial charge in [0.15, 0.2) is 6.29 Å². The van der Waals surface area contributed by atoms with Crippen LogP contribution in [0, 0.1) is 0 Å². The van der Waals surface area contributed by atoms with Crippen LogP contribution in [0.2, 0.25) is 0 Å². The van der Waals surface area contributed by atoms with Crippen LogP contribution in [0.25, 0.3) is 0 Å². The minimum absolute atomic E-state index is 0.0825. The highest BCUT2D eigenvalue weighted by Gasteiger charge is 2.27. The number of amidine groups is 2. The number of rotatable bonds is 2. The average molecular weight is 227 g/mol. The second-order valence-electron chi connectivity index (χ2n) is 4.67. The maximum Gasteiger partial charge on any atom is 0.311 e. The number of aliphatic imine (C=N–C) groups is 2. The fourth-order valence-electron chi connectivity index (χ4n) is 1.32. The molecule has 1 aliphatic heterocycles. The number of ether oxygens (including phenoxy) is 1. The van der Waals surface area contributed by atoms with Crippen LogP contribution >= 0.6 is 0 Å². The SMILES string of the molecule is CCC1=NC(NC(C)(C)C)N(N)C(OC)=N1. The Kier molecular flexibility index (Phi) is 3.88. The molecule has 1 aliphatic rings. The van der Waals surface area contributed by atoms with Gasteiger partial charge in [0.25, 0.3) is 0 Å². The number of hydrazine groups is 1. The molecule has 0 saturated carbocycles. The fourth-order valence-corrected chi connectivity index (χ4v) is 1.32. The molecule has 0 saturated heterocycles. The minimum Gasteiger partial charge on any atom is -0.467 e. The third kappa shape index (κ3) is 3.18. The molecule has 0 aromatic heterocycles. The zero-order chi connectivity index (χ0) is 12.3. The lowest BCUT2D eigenvalue weighted by Gasteiger charge is -2.34. The van der Waals surface area contributed by atoms with E-state index < -0.39 is 0 Å². The maximum absolute atomic E-state index is 5.87. The summed E-state index contributed by atoms with van der Waals surface area (Å²) in [4.78, 5) is 8.59. The van der Waals surface area contributed by atoms with Crippen molar-refractivity contribution in [3.05, 3.63) is 0 Å². The number of hydrogen-bond acceptors (Lipinski definition) is 6. The van der Waals surface area contributed by atoms with E-state index in [4.69, 9.17) is 10.6 Å². The van der Waals surface area contributed by atoms with E-state index in [1.807, 2.05) is 6.92 Å². The largest absolute Gasteiger partial charge is 0.467 e. The van der Waals surface area contributed by atoms with Gasteiger partial charge in [-0.25, -0.2) is 15.8 Å². The molecular formula is C10H21N5O. The Labute approximate surface area is 96.5 Å². The van der Waals surface area contributed by atoms with Crippen molar-refractivity contribution in [1.82, 2.24) is 10.3 Å². The van der Waals surface area contributed by atoms with Crippen LogP contribution in [0.3, 0.4) is 0 Å². The van der Waals surface area contributed by atoms with Crippen LogP contribution in [-0.2, 0) is 4.74 Å². The van der Waals surface area contributed by atoms with Crippen molar-refractivity contribution in [2.24, 2.45) is 15.8 Å². The first kappa shape index (κ1) is 12.9. The standard InChI is InChI=1S/C10H21N5O/c1-6-7-12-8(14-10(2,3)4)15(11)9(13-7)16-5/h8,14H,6,11H2,1-5H3. The molecule has 6 nitrogen and oxygen atoms in total. The smallest absolute Gasteiger partial charge is 0.311 e. The monoisotopic (exact) mass is 227 g/mol. The summed E-state index contributed by atoms with van der Waals surface area (Å²) in [5.41, 5.74) is -0.0825. The van der Waals surface area contributed by atoms with E-state index >= 15 is 0 Å². The number of nitrogens with zero attached hydrogens (tertiary/aromatic N) is 3. The second kappa shape index (κ2) is 4.80. The lowest BCUT2D eigenvalue weighted by Crippen LogP contribution is -2.58. The van der Waals surface area contributed by atoms with Crippen LogP contribution in [-0.4, -0.2) is 35.8 Å².